The van der Waals surface area contributed by atoms with E-state index in [-0.39, 0.29) is 18.2 Å². The Bertz CT molecular complexity index is 1090. The molecule has 3 aromatic carbocycles. The fourth-order valence-electron chi connectivity index (χ4n) is 3.06. The van der Waals surface area contributed by atoms with Gasteiger partial charge in [0.2, 0.25) is 0 Å². The number of nitro benzene ring substituents is 1. The van der Waals surface area contributed by atoms with Gasteiger partial charge in [0.05, 0.1) is 23.3 Å². The van der Waals surface area contributed by atoms with Crippen LogP contribution in [0.25, 0.3) is 0 Å². The molecule has 1 N–H and O–H groups in total. The van der Waals surface area contributed by atoms with E-state index < -0.39 is 4.92 Å². The van der Waals surface area contributed by atoms with Crippen LogP contribution in [0.2, 0.25) is 0 Å². The number of anilines is 1. The zero-order valence-corrected chi connectivity index (χ0v) is 17.0. The summed E-state index contributed by atoms with van der Waals surface area (Å²) in [5.41, 5.74) is 2.85. The maximum Gasteiger partial charge on any atom is 0.274 e. The number of ether oxygens (including phenoxy) is 2. The number of hydrogen-bond donors (Lipinski definition) is 1. The van der Waals surface area contributed by atoms with Crippen molar-refractivity contribution >= 4 is 17.3 Å². The van der Waals surface area contributed by atoms with Crippen molar-refractivity contribution in [2.45, 2.75) is 20.5 Å². The molecule has 0 bridgehead atoms. The number of methoxy groups -OCH3 is 1. The van der Waals surface area contributed by atoms with Crippen molar-refractivity contribution in [3.63, 3.8) is 0 Å². The molecule has 1 amide bonds. The van der Waals surface area contributed by atoms with E-state index in [1.54, 1.807) is 38.3 Å². The molecule has 0 radical (unpaired) electrons. The van der Waals surface area contributed by atoms with Gasteiger partial charge in [-0.15, -0.1) is 0 Å². The van der Waals surface area contributed by atoms with Gasteiger partial charge in [-0.25, -0.2) is 0 Å². The molecule has 3 rings (SSSR count). The average molecular weight is 406 g/mol. The molecule has 0 aliphatic carbocycles. The second-order valence-corrected chi connectivity index (χ2v) is 6.74. The predicted molar refractivity (Wildman–Crippen MR) is 114 cm³/mol. The Balaban J connectivity index is 1.82. The lowest BCUT2D eigenvalue weighted by Crippen LogP contribution is -2.14. The molecule has 0 aliphatic rings. The van der Waals surface area contributed by atoms with Gasteiger partial charge in [0.1, 0.15) is 18.1 Å². The van der Waals surface area contributed by atoms with Gasteiger partial charge in [-0.3, -0.25) is 14.9 Å². The van der Waals surface area contributed by atoms with E-state index in [0.717, 1.165) is 11.3 Å². The van der Waals surface area contributed by atoms with Crippen LogP contribution in [-0.4, -0.2) is 17.9 Å². The first-order valence-electron chi connectivity index (χ1n) is 9.31. The number of nitrogens with zero attached hydrogens (tertiary/aromatic N) is 1. The molecule has 30 heavy (non-hydrogen) atoms. The number of rotatable bonds is 7. The van der Waals surface area contributed by atoms with Crippen molar-refractivity contribution in [2.75, 3.05) is 12.4 Å². The topological polar surface area (TPSA) is 90.7 Å². The summed E-state index contributed by atoms with van der Waals surface area (Å²) in [6, 6.07) is 17.3. The third-order valence-electron chi connectivity index (χ3n) is 4.77. The highest BCUT2D eigenvalue weighted by Gasteiger charge is 2.17. The van der Waals surface area contributed by atoms with E-state index in [0.29, 0.717) is 28.1 Å². The van der Waals surface area contributed by atoms with Crippen molar-refractivity contribution < 1.29 is 19.2 Å². The van der Waals surface area contributed by atoms with Gasteiger partial charge in [-0.2, -0.15) is 0 Å². The van der Waals surface area contributed by atoms with Crippen LogP contribution in [0.5, 0.6) is 11.5 Å². The van der Waals surface area contributed by atoms with Crippen LogP contribution in [-0.2, 0) is 6.61 Å². The van der Waals surface area contributed by atoms with Crippen molar-refractivity contribution in [3.8, 4) is 11.5 Å². The van der Waals surface area contributed by atoms with Crippen LogP contribution in [0.1, 0.15) is 27.0 Å². The average Bonchev–Trinajstić information content (AvgIpc) is 2.74. The standard InChI is InChI=1S/C23H22N2O5/c1-15-7-4-5-10-21(15)30-14-18-13-17(11-12-22(18)29-3)23(26)24-19-8-6-9-20(16(19)2)25(27)28/h4-13H,14H2,1-3H3,(H,24,26). The Kier molecular flexibility index (Phi) is 6.32. The minimum absolute atomic E-state index is 0.0464. The Labute approximate surface area is 174 Å². The highest BCUT2D eigenvalue weighted by atomic mass is 16.6. The van der Waals surface area contributed by atoms with Gasteiger partial charge in [0.25, 0.3) is 11.6 Å². The molecule has 0 atom stereocenters. The number of benzene rings is 3. The summed E-state index contributed by atoms with van der Waals surface area (Å²) < 4.78 is 11.3. The van der Waals surface area contributed by atoms with Crippen LogP contribution in [0.15, 0.2) is 60.7 Å². The molecule has 3 aromatic rings. The van der Waals surface area contributed by atoms with Gasteiger partial charge in [-0.05, 0) is 49.7 Å². The molecule has 0 saturated carbocycles. The Hall–Kier alpha value is -3.87. The van der Waals surface area contributed by atoms with Gasteiger partial charge in [0, 0.05) is 17.2 Å². The summed E-state index contributed by atoms with van der Waals surface area (Å²) >= 11 is 0. The van der Waals surface area contributed by atoms with Gasteiger partial charge in [-0.1, -0.05) is 24.3 Å². The molecule has 0 aliphatic heterocycles. The molecule has 0 saturated heterocycles. The normalized spacial score (nSPS) is 10.4. The van der Waals surface area contributed by atoms with E-state index >= 15 is 0 Å². The molecular formula is C23H22N2O5. The lowest BCUT2D eigenvalue weighted by atomic mass is 10.1. The Morgan fingerprint density at radius 3 is 2.50 bits per heavy atom. The summed E-state index contributed by atoms with van der Waals surface area (Å²) in [6.07, 6.45) is 0. The quantitative estimate of drug-likeness (QED) is 0.438. The Morgan fingerprint density at radius 2 is 1.80 bits per heavy atom. The van der Waals surface area contributed by atoms with Crippen LogP contribution in [0, 0.1) is 24.0 Å². The maximum atomic E-state index is 12.8. The minimum Gasteiger partial charge on any atom is -0.496 e. The molecule has 7 nitrogen and oxygen atoms in total. The van der Waals surface area contributed by atoms with Gasteiger partial charge < -0.3 is 14.8 Å². The van der Waals surface area contributed by atoms with Gasteiger partial charge in [0.15, 0.2) is 0 Å². The summed E-state index contributed by atoms with van der Waals surface area (Å²) in [7, 11) is 1.55. The monoisotopic (exact) mass is 406 g/mol. The number of nitrogens with one attached hydrogen (secondary N) is 1. The van der Waals surface area contributed by atoms with Crippen molar-refractivity contribution in [3.05, 3.63) is 93.0 Å². The third-order valence-corrected chi connectivity index (χ3v) is 4.77. The lowest BCUT2D eigenvalue weighted by Gasteiger charge is -2.14. The molecule has 0 unspecified atom stereocenters. The molecule has 0 aromatic heterocycles. The van der Waals surface area contributed by atoms with Gasteiger partial charge >= 0.3 is 0 Å². The highest BCUT2D eigenvalue weighted by molar-refractivity contribution is 6.05. The first-order valence-corrected chi connectivity index (χ1v) is 9.31. The SMILES string of the molecule is COc1ccc(C(=O)Nc2cccc([N+](=O)[O-])c2C)cc1COc1ccccc1C. The molecule has 154 valence electrons. The smallest absolute Gasteiger partial charge is 0.274 e. The van der Waals surface area contributed by atoms with E-state index in [1.165, 1.54) is 12.1 Å². The summed E-state index contributed by atoms with van der Waals surface area (Å²) in [5, 5.41) is 13.9. The predicted octanol–water partition coefficient (Wildman–Crippen LogP) is 5.05. The molecular weight excluding hydrogens is 384 g/mol. The number of aryl methyl sites for hydroxylation is 1. The zero-order chi connectivity index (χ0) is 21.7. The largest absolute Gasteiger partial charge is 0.496 e. The molecule has 7 heteroatoms. The lowest BCUT2D eigenvalue weighted by molar-refractivity contribution is -0.385. The molecule has 0 heterocycles. The van der Waals surface area contributed by atoms with E-state index in [2.05, 4.69) is 5.32 Å². The number of para-hydroxylation sites is 1. The number of amides is 1. The van der Waals surface area contributed by atoms with Crippen molar-refractivity contribution in [2.24, 2.45) is 0 Å². The zero-order valence-electron chi connectivity index (χ0n) is 17.0. The summed E-state index contributed by atoms with van der Waals surface area (Å²) in [5.74, 6) is 0.978. The minimum atomic E-state index is -0.473. The summed E-state index contributed by atoms with van der Waals surface area (Å²) in [4.78, 5) is 23.4. The van der Waals surface area contributed by atoms with Crippen LogP contribution < -0.4 is 14.8 Å². The fraction of sp³-hybridized carbons (Fsp3) is 0.174. The van der Waals surface area contributed by atoms with Crippen molar-refractivity contribution in [1.29, 1.82) is 0 Å². The number of carbonyl (C=O) groups excluding carboxylic acids is 1. The molecule has 0 fully saturated rings. The van der Waals surface area contributed by atoms with E-state index in [9.17, 15) is 14.9 Å². The number of hydrogen-bond acceptors (Lipinski definition) is 5. The van der Waals surface area contributed by atoms with Crippen LogP contribution in [0.4, 0.5) is 11.4 Å². The number of nitro groups is 1. The number of carbonyl (C=O) groups is 1. The highest BCUT2D eigenvalue weighted by Crippen LogP contribution is 2.27. The fourth-order valence-corrected chi connectivity index (χ4v) is 3.06. The first-order chi connectivity index (χ1) is 14.4. The third kappa shape index (κ3) is 4.57. The van der Waals surface area contributed by atoms with Crippen LogP contribution >= 0.6 is 0 Å². The van der Waals surface area contributed by atoms with E-state index in [1.807, 2.05) is 31.2 Å². The summed E-state index contributed by atoms with van der Waals surface area (Å²) in [6.45, 7) is 3.78. The van der Waals surface area contributed by atoms with Crippen molar-refractivity contribution in [1.82, 2.24) is 0 Å². The second-order valence-electron chi connectivity index (χ2n) is 6.74. The first kappa shape index (κ1) is 20.9. The Morgan fingerprint density at radius 1 is 1.03 bits per heavy atom. The van der Waals surface area contributed by atoms with E-state index in [4.69, 9.17) is 9.47 Å². The van der Waals surface area contributed by atoms with Crippen LogP contribution in [0.3, 0.4) is 0 Å². The maximum absolute atomic E-state index is 12.8. The molecule has 0 spiro atoms. The second kappa shape index (κ2) is 9.09.